The molecule has 0 aliphatic heterocycles. The van der Waals surface area contributed by atoms with Crippen LogP contribution in [0.25, 0.3) is 0 Å². The molecule has 1 rings (SSSR count). The van der Waals surface area contributed by atoms with E-state index in [9.17, 15) is 4.79 Å². The Morgan fingerprint density at radius 2 is 2.20 bits per heavy atom. The predicted octanol–water partition coefficient (Wildman–Crippen LogP) is 1.56. The van der Waals surface area contributed by atoms with Crippen molar-refractivity contribution in [3.63, 3.8) is 0 Å². The Morgan fingerprint density at radius 3 is 2.73 bits per heavy atom. The molecule has 0 unspecified atom stereocenters. The van der Waals surface area contributed by atoms with Crippen LogP contribution in [0.15, 0.2) is 4.47 Å². The summed E-state index contributed by atoms with van der Waals surface area (Å²) in [6.45, 7) is 2.02. The molecule has 1 heterocycles. The summed E-state index contributed by atoms with van der Waals surface area (Å²) in [5.41, 5.74) is 6.37. The van der Waals surface area contributed by atoms with Crippen molar-refractivity contribution in [3.8, 4) is 0 Å². The van der Waals surface area contributed by atoms with Crippen molar-refractivity contribution in [3.05, 3.63) is 16.0 Å². The first-order valence-corrected chi connectivity index (χ1v) is 5.29. The summed E-state index contributed by atoms with van der Waals surface area (Å²) in [6.07, 6.45) is 1.65. The minimum atomic E-state index is -0.577. The van der Waals surface area contributed by atoms with E-state index in [1.54, 1.807) is 0 Å². The van der Waals surface area contributed by atoms with Crippen molar-refractivity contribution < 1.29 is 9.53 Å². The molecule has 6 heteroatoms. The number of aryl methyl sites for hydroxylation is 1. The molecule has 5 nitrogen and oxygen atoms in total. The van der Waals surface area contributed by atoms with Gasteiger partial charge in [0.05, 0.1) is 17.3 Å². The van der Waals surface area contributed by atoms with Crippen molar-refractivity contribution in [2.24, 2.45) is 0 Å². The van der Waals surface area contributed by atoms with Gasteiger partial charge in [0.25, 0.3) is 0 Å². The summed E-state index contributed by atoms with van der Waals surface area (Å²) in [6, 6.07) is 0. The molecule has 0 atom stereocenters. The second-order valence-corrected chi connectivity index (χ2v) is 3.73. The zero-order valence-electron chi connectivity index (χ0n) is 8.58. The van der Waals surface area contributed by atoms with Crippen molar-refractivity contribution in [1.82, 2.24) is 9.97 Å². The Bertz CT molecular complexity index is 382. The van der Waals surface area contributed by atoms with E-state index in [4.69, 9.17) is 5.73 Å². The van der Waals surface area contributed by atoms with Crippen LogP contribution in [0.5, 0.6) is 0 Å². The van der Waals surface area contributed by atoms with Crippen molar-refractivity contribution in [2.45, 2.75) is 19.8 Å². The van der Waals surface area contributed by atoms with Crippen LogP contribution in [0.2, 0.25) is 0 Å². The number of carbonyl (C=O) groups excluding carboxylic acids is 1. The zero-order chi connectivity index (χ0) is 11.4. The van der Waals surface area contributed by atoms with Gasteiger partial charge in [0.1, 0.15) is 5.82 Å². The summed E-state index contributed by atoms with van der Waals surface area (Å²) >= 11 is 3.28. The number of anilines is 1. The van der Waals surface area contributed by atoms with E-state index in [1.165, 1.54) is 7.11 Å². The summed E-state index contributed by atoms with van der Waals surface area (Å²) in [5.74, 6) is -0.318. The van der Waals surface area contributed by atoms with E-state index in [1.807, 2.05) is 6.92 Å². The molecular weight excluding hydrogens is 262 g/mol. The number of rotatable bonds is 3. The summed E-state index contributed by atoms with van der Waals surface area (Å²) < 4.78 is 5.18. The van der Waals surface area contributed by atoms with E-state index >= 15 is 0 Å². The van der Waals surface area contributed by atoms with Gasteiger partial charge in [-0.1, -0.05) is 13.3 Å². The monoisotopic (exact) mass is 273 g/mol. The number of hydrogen-bond acceptors (Lipinski definition) is 5. The van der Waals surface area contributed by atoms with E-state index in [-0.39, 0.29) is 11.6 Å². The number of nitrogen functional groups attached to an aromatic ring is 1. The number of carbonyl (C=O) groups is 1. The van der Waals surface area contributed by atoms with Gasteiger partial charge in [0.2, 0.25) is 5.82 Å². The van der Waals surface area contributed by atoms with E-state index < -0.39 is 5.97 Å². The van der Waals surface area contributed by atoms with Crippen LogP contribution in [0.4, 0.5) is 5.82 Å². The van der Waals surface area contributed by atoms with Gasteiger partial charge in [-0.2, -0.15) is 0 Å². The van der Waals surface area contributed by atoms with E-state index in [0.717, 1.165) is 18.5 Å². The smallest absolute Gasteiger partial charge is 0.376 e. The zero-order valence-corrected chi connectivity index (χ0v) is 10.2. The van der Waals surface area contributed by atoms with Gasteiger partial charge in [-0.15, -0.1) is 0 Å². The molecule has 0 spiro atoms. The van der Waals surface area contributed by atoms with Crippen LogP contribution in [-0.4, -0.2) is 23.0 Å². The lowest BCUT2D eigenvalue weighted by atomic mass is 10.2. The molecule has 1 aromatic rings. The number of nitrogens with zero attached hydrogens (tertiary/aromatic N) is 2. The van der Waals surface area contributed by atoms with Crippen molar-refractivity contribution in [1.29, 1.82) is 0 Å². The molecule has 0 aromatic carbocycles. The molecule has 15 heavy (non-hydrogen) atoms. The van der Waals surface area contributed by atoms with E-state index in [2.05, 4.69) is 30.6 Å². The average molecular weight is 274 g/mol. The van der Waals surface area contributed by atoms with Crippen LogP contribution in [-0.2, 0) is 11.2 Å². The number of methoxy groups -OCH3 is 1. The summed E-state index contributed by atoms with van der Waals surface area (Å²) in [7, 11) is 1.28. The number of halogens is 1. The Morgan fingerprint density at radius 1 is 1.53 bits per heavy atom. The van der Waals surface area contributed by atoms with Crippen LogP contribution in [0.1, 0.15) is 29.7 Å². The summed E-state index contributed by atoms with van der Waals surface area (Å²) in [4.78, 5) is 19.1. The molecule has 0 bridgehead atoms. The maximum atomic E-state index is 11.2. The molecule has 0 saturated carbocycles. The second kappa shape index (κ2) is 5.06. The Balaban J connectivity index is 3.16. The standard InChI is InChI=1S/C9H12BrN3O2/c1-3-4-5-6(10)7(11)13-8(12-5)9(14)15-2/h3-4H2,1-2H3,(H2,11,12,13). The first-order valence-electron chi connectivity index (χ1n) is 4.50. The van der Waals surface area contributed by atoms with Gasteiger partial charge in [-0.3, -0.25) is 0 Å². The minimum absolute atomic E-state index is 0.00153. The van der Waals surface area contributed by atoms with Crippen LogP contribution >= 0.6 is 15.9 Å². The van der Waals surface area contributed by atoms with Gasteiger partial charge in [-0.25, -0.2) is 14.8 Å². The predicted molar refractivity (Wildman–Crippen MR) is 59.5 cm³/mol. The molecule has 82 valence electrons. The van der Waals surface area contributed by atoms with E-state index in [0.29, 0.717) is 4.47 Å². The average Bonchev–Trinajstić information content (AvgIpc) is 2.23. The quantitative estimate of drug-likeness (QED) is 0.846. The van der Waals surface area contributed by atoms with Gasteiger partial charge < -0.3 is 10.5 Å². The van der Waals surface area contributed by atoms with Gasteiger partial charge in [0.15, 0.2) is 0 Å². The van der Waals surface area contributed by atoms with Gasteiger partial charge in [0, 0.05) is 0 Å². The number of esters is 1. The molecule has 1 aromatic heterocycles. The first kappa shape index (κ1) is 11.9. The Kier molecular flexibility index (Phi) is 4.02. The highest BCUT2D eigenvalue weighted by Gasteiger charge is 2.15. The third-order valence-corrected chi connectivity index (χ3v) is 2.66. The molecule has 0 aliphatic rings. The fourth-order valence-corrected chi connectivity index (χ4v) is 1.47. The largest absolute Gasteiger partial charge is 0.463 e. The topological polar surface area (TPSA) is 78.1 Å². The Labute approximate surface area is 96.2 Å². The fourth-order valence-electron chi connectivity index (χ4n) is 1.10. The van der Waals surface area contributed by atoms with Gasteiger partial charge in [-0.05, 0) is 22.4 Å². The highest BCUT2D eigenvalue weighted by atomic mass is 79.9. The fraction of sp³-hybridized carbons (Fsp3) is 0.444. The van der Waals surface area contributed by atoms with Crippen molar-refractivity contribution >= 4 is 27.7 Å². The van der Waals surface area contributed by atoms with Crippen LogP contribution in [0, 0.1) is 0 Å². The SMILES string of the molecule is CCCc1nc(C(=O)OC)nc(N)c1Br. The lowest BCUT2D eigenvalue weighted by molar-refractivity contribution is 0.0586. The van der Waals surface area contributed by atoms with Crippen LogP contribution < -0.4 is 5.73 Å². The Hall–Kier alpha value is -1.17. The van der Waals surface area contributed by atoms with Crippen LogP contribution in [0.3, 0.4) is 0 Å². The number of aromatic nitrogens is 2. The molecule has 0 amide bonds. The summed E-state index contributed by atoms with van der Waals surface area (Å²) in [5, 5.41) is 0. The molecule has 2 N–H and O–H groups in total. The molecular formula is C9H12BrN3O2. The third-order valence-electron chi connectivity index (χ3n) is 1.80. The molecule has 0 fully saturated rings. The highest BCUT2D eigenvalue weighted by molar-refractivity contribution is 9.10. The third kappa shape index (κ3) is 2.65. The number of ether oxygens (including phenoxy) is 1. The second-order valence-electron chi connectivity index (χ2n) is 2.93. The maximum Gasteiger partial charge on any atom is 0.376 e. The minimum Gasteiger partial charge on any atom is -0.463 e. The maximum absolute atomic E-state index is 11.2. The normalized spacial score (nSPS) is 10.1. The molecule has 0 radical (unpaired) electrons. The number of hydrogen-bond donors (Lipinski definition) is 1. The lowest BCUT2D eigenvalue weighted by Crippen LogP contribution is -2.12. The highest BCUT2D eigenvalue weighted by Crippen LogP contribution is 2.22. The van der Waals surface area contributed by atoms with Gasteiger partial charge >= 0.3 is 5.97 Å². The lowest BCUT2D eigenvalue weighted by Gasteiger charge is -2.06. The molecule has 0 aliphatic carbocycles. The number of nitrogens with two attached hydrogens (primary N) is 1. The first-order chi connectivity index (χ1) is 7.10. The molecule has 0 saturated heterocycles. The van der Waals surface area contributed by atoms with Crippen molar-refractivity contribution in [2.75, 3.05) is 12.8 Å².